The Morgan fingerprint density at radius 3 is 2.71 bits per heavy atom. The first-order valence-corrected chi connectivity index (χ1v) is 5.13. The van der Waals surface area contributed by atoms with Crippen LogP contribution in [0.2, 0.25) is 0 Å². The van der Waals surface area contributed by atoms with Gasteiger partial charge in [0, 0.05) is 19.6 Å². The Kier molecular flexibility index (Phi) is 8.57. The van der Waals surface area contributed by atoms with Crippen molar-refractivity contribution in [1.82, 2.24) is 5.32 Å². The topological polar surface area (TPSA) is 58.6 Å². The van der Waals surface area contributed by atoms with Crippen LogP contribution in [0.25, 0.3) is 0 Å². The molecule has 0 atom stereocenters. The van der Waals surface area contributed by atoms with Gasteiger partial charge in [0.1, 0.15) is 0 Å². The average Bonchev–Trinajstić information content (AvgIpc) is 2.08. The first-order valence-electron chi connectivity index (χ1n) is 5.13. The quantitative estimate of drug-likeness (QED) is 0.551. The van der Waals surface area contributed by atoms with Gasteiger partial charge < -0.3 is 15.2 Å². The van der Waals surface area contributed by atoms with Crippen molar-refractivity contribution in [2.24, 2.45) is 5.92 Å². The maximum absolute atomic E-state index is 10.2. The van der Waals surface area contributed by atoms with Crippen molar-refractivity contribution in [3.05, 3.63) is 0 Å². The summed E-state index contributed by atoms with van der Waals surface area (Å²) in [6, 6.07) is 0. The molecule has 0 spiro atoms. The zero-order valence-electron chi connectivity index (χ0n) is 9.08. The van der Waals surface area contributed by atoms with E-state index in [1.54, 1.807) is 0 Å². The predicted octanol–water partition coefficient (Wildman–Crippen LogP) is 1.11. The molecular weight excluding hydrogens is 182 g/mol. The second kappa shape index (κ2) is 8.97. The van der Waals surface area contributed by atoms with E-state index in [0.717, 1.165) is 19.7 Å². The largest absolute Gasteiger partial charge is 0.481 e. The van der Waals surface area contributed by atoms with E-state index < -0.39 is 5.97 Å². The Bertz CT molecular complexity index is 148. The summed E-state index contributed by atoms with van der Waals surface area (Å²) in [7, 11) is 0. The number of aliphatic carboxylic acids is 1. The molecule has 0 aromatic heterocycles. The highest BCUT2D eigenvalue weighted by molar-refractivity contribution is 5.66. The summed E-state index contributed by atoms with van der Waals surface area (Å²) in [6.45, 7) is 7.26. The molecule has 0 saturated carbocycles. The van der Waals surface area contributed by atoms with E-state index in [0.29, 0.717) is 18.9 Å². The lowest BCUT2D eigenvalue weighted by Crippen LogP contribution is -2.22. The van der Waals surface area contributed by atoms with Crippen LogP contribution in [0.15, 0.2) is 0 Å². The van der Waals surface area contributed by atoms with E-state index in [1.165, 1.54) is 0 Å². The number of hydrogen-bond donors (Lipinski definition) is 2. The van der Waals surface area contributed by atoms with Crippen molar-refractivity contribution in [3.63, 3.8) is 0 Å². The molecule has 0 aliphatic carbocycles. The zero-order valence-corrected chi connectivity index (χ0v) is 9.08. The molecule has 0 saturated heterocycles. The third kappa shape index (κ3) is 11.4. The molecule has 0 bridgehead atoms. The van der Waals surface area contributed by atoms with Crippen LogP contribution in [0.5, 0.6) is 0 Å². The Morgan fingerprint density at radius 1 is 1.43 bits per heavy atom. The minimum Gasteiger partial charge on any atom is -0.481 e. The minimum atomic E-state index is -0.733. The summed E-state index contributed by atoms with van der Waals surface area (Å²) in [5.41, 5.74) is 0. The number of carboxylic acid groups (broad SMARTS) is 1. The van der Waals surface area contributed by atoms with Gasteiger partial charge in [0.05, 0.1) is 6.61 Å². The first kappa shape index (κ1) is 13.4. The van der Waals surface area contributed by atoms with Gasteiger partial charge in [-0.15, -0.1) is 0 Å². The van der Waals surface area contributed by atoms with Crippen LogP contribution in [0.4, 0.5) is 0 Å². The number of carboxylic acids is 1. The molecule has 14 heavy (non-hydrogen) atoms. The summed E-state index contributed by atoms with van der Waals surface area (Å²) in [6.07, 6.45) is 0.916. The third-order valence-corrected chi connectivity index (χ3v) is 1.62. The monoisotopic (exact) mass is 203 g/mol. The molecule has 4 heteroatoms. The van der Waals surface area contributed by atoms with Gasteiger partial charge in [0.2, 0.25) is 0 Å². The second-order valence-corrected chi connectivity index (χ2v) is 3.72. The third-order valence-electron chi connectivity index (χ3n) is 1.62. The summed E-state index contributed by atoms with van der Waals surface area (Å²) >= 11 is 0. The number of ether oxygens (including phenoxy) is 1. The molecule has 0 amide bonds. The molecule has 0 heterocycles. The Morgan fingerprint density at radius 2 is 2.14 bits per heavy atom. The standard InChI is InChI=1S/C10H21NO3/c1-9(2)8-14-7-6-11-5-3-4-10(12)13/h9,11H,3-8H2,1-2H3,(H,12,13). The van der Waals surface area contributed by atoms with Crippen molar-refractivity contribution < 1.29 is 14.6 Å². The van der Waals surface area contributed by atoms with Crippen LogP contribution in [0.1, 0.15) is 26.7 Å². The fourth-order valence-electron chi connectivity index (χ4n) is 0.953. The minimum absolute atomic E-state index is 0.236. The SMILES string of the molecule is CC(C)COCCNCCCC(=O)O. The van der Waals surface area contributed by atoms with Crippen LogP contribution in [0.3, 0.4) is 0 Å². The molecule has 4 nitrogen and oxygen atoms in total. The first-order chi connectivity index (χ1) is 6.63. The van der Waals surface area contributed by atoms with Crippen molar-refractivity contribution in [3.8, 4) is 0 Å². The van der Waals surface area contributed by atoms with Gasteiger partial charge in [-0.1, -0.05) is 13.8 Å². The summed E-state index contributed by atoms with van der Waals surface area (Å²) in [5, 5.41) is 11.5. The second-order valence-electron chi connectivity index (χ2n) is 3.72. The van der Waals surface area contributed by atoms with Crippen LogP contribution >= 0.6 is 0 Å². The lowest BCUT2D eigenvalue weighted by Gasteiger charge is -2.07. The van der Waals surface area contributed by atoms with Crippen molar-refractivity contribution >= 4 is 5.97 Å². The summed E-state index contributed by atoms with van der Waals surface area (Å²) in [5.74, 6) is -0.162. The molecule has 0 fully saturated rings. The lowest BCUT2D eigenvalue weighted by molar-refractivity contribution is -0.137. The number of carbonyl (C=O) groups is 1. The molecule has 0 rings (SSSR count). The van der Waals surface area contributed by atoms with Crippen molar-refractivity contribution in [2.45, 2.75) is 26.7 Å². The van der Waals surface area contributed by atoms with E-state index in [2.05, 4.69) is 19.2 Å². The fourth-order valence-corrected chi connectivity index (χ4v) is 0.953. The molecule has 0 aromatic carbocycles. The molecule has 2 N–H and O–H groups in total. The highest BCUT2D eigenvalue weighted by Gasteiger charge is 1.96. The molecule has 0 aliphatic rings. The Labute approximate surface area is 85.6 Å². The molecule has 0 aromatic rings. The van der Waals surface area contributed by atoms with Crippen LogP contribution < -0.4 is 5.32 Å². The van der Waals surface area contributed by atoms with Crippen molar-refractivity contribution in [2.75, 3.05) is 26.3 Å². The number of nitrogens with one attached hydrogen (secondary N) is 1. The Balaban J connectivity index is 2.96. The summed E-state index contributed by atoms with van der Waals surface area (Å²) < 4.78 is 5.34. The molecule has 84 valence electrons. The molecule has 0 aliphatic heterocycles. The van der Waals surface area contributed by atoms with Gasteiger partial charge in [-0.2, -0.15) is 0 Å². The van der Waals surface area contributed by atoms with E-state index in [9.17, 15) is 4.79 Å². The number of rotatable bonds is 9. The van der Waals surface area contributed by atoms with Crippen molar-refractivity contribution in [1.29, 1.82) is 0 Å². The van der Waals surface area contributed by atoms with E-state index in [-0.39, 0.29) is 6.42 Å². The van der Waals surface area contributed by atoms with Crippen LogP contribution in [-0.2, 0) is 9.53 Å². The predicted molar refractivity (Wildman–Crippen MR) is 55.4 cm³/mol. The summed E-state index contributed by atoms with van der Waals surface area (Å²) in [4.78, 5) is 10.2. The molecular formula is C10H21NO3. The smallest absolute Gasteiger partial charge is 0.303 e. The highest BCUT2D eigenvalue weighted by Crippen LogP contribution is 1.91. The Hall–Kier alpha value is -0.610. The number of hydrogen-bond acceptors (Lipinski definition) is 3. The molecule has 0 unspecified atom stereocenters. The maximum atomic E-state index is 10.2. The van der Waals surface area contributed by atoms with Gasteiger partial charge in [-0.25, -0.2) is 0 Å². The zero-order chi connectivity index (χ0) is 10.8. The van der Waals surface area contributed by atoms with Gasteiger partial charge >= 0.3 is 5.97 Å². The van der Waals surface area contributed by atoms with Crippen LogP contribution in [0, 0.1) is 5.92 Å². The van der Waals surface area contributed by atoms with Gasteiger partial charge in [0.25, 0.3) is 0 Å². The normalized spacial score (nSPS) is 10.8. The van der Waals surface area contributed by atoms with E-state index in [4.69, 9.17) is 9.84 Å². The van der Waals surface area contributed by atoms with Gasteiger partial charge in [0.15, 0.2) is 0 Å². The highest BCUT2D eigenvalue weighted by atomic mass is 16.5. The molecule has 0 radical (unpaired) electrons. The lowest BCUT2D eigenvalue weighted by atomic mass is 10.2. The maximum Gasteiger partial charge on any atom is 0.303 e. The van der Waals surface area contributed by atoms with E-state index in [1.807, 2.05) is 0 Å². The fraction of sp³-hybridized carbons (Fsp3) is 0.900. The van der Waals surface area contributed by atoms with Gasteiger partial charge in [-0.05, 0) is 18.9 Å². The average molecular weight is 203 g/mol. The van der Waals surface area contributed by atoms with E-state index >= 15 is 0 Å². The van der Waals surface area contributed by atoms with Gasteiger partial charge in [-0.3, -0.25) is 4.79 Å². The van der Waals surface area contributed by atoms with Crippen LogP contribution in [-0.4, -0.2) is 37.4 Å².